The van der Waals surface area contributed by atoms with Crippen LogP contribution in [-0.2, 0) is 36.6 Å². The summed E-state index contributed by atoms with van der Waals surface area (Å²) in [6.45, 7) is 7.88. The Kier molecular flexibility index (Phi) is 13.1. The number of hydrogen-bond donors (Lipinski definition) is 1. The van der Waals surface area contributed by atoms with Crippen LogP contribution in [0.1, 0.15) is 108 Å². The van der Waals surface area contributed by atoms with Gasteiger partial charge < -0.3 is 24.5 Å². The Balaban J connectivity index is 1.37. The number of hydrogen-bond acceptors (Lipinski definition) is 10. The predicted octanol–water partition coefficient (Wildman–Crippen LogP) is 6.77. The zero-order chi connectivity index (χ0) is 39.3. The molecule has 2 saturated heterocycles. The lowest BCUT2D eigenvalue weighted by Crippen LogP contribution is -2.44. The minimum atomic E-state index is -3.16. The lowest BCUT2D eigenvalue weighted by molar-refractivity contribution is -0.116. The third-order valence-electron chi connectivity index (χ3n) is 10.5. The molecule has 296 valence electrons. The van der Waals surface area contributed by atoms with E-state index in [1.165, 1.54) is 30.5 Å². The van der Waals surface area contributed by atoms with E-state index in [0.717, 1.165) is 19.1 Å². The highest BCUT2D eigenvalue weighted by Crippen LogP contribution is 2.42. The van der Waals surface area contributed by atoms with E-state index in [0.29, 0.717) is 60.2 Å². The van der Waals surface area contributed by atoms with Crippen LogP contribution in [0.5, 0.6) is 0 Å². The molecule has 2 aromatic heterocycles. The molecule has 1 N–H and O–H groups in total. The number of likely N-dealkylation sites (tertiary alicyclic amines) is 1. The van der Waals surface area contributed by atoms with Gasteiger partial charge in [-0.05, 0) is 89.8 Å². The van der Waals surface area contributed by atoms with Crippen LogP contribution < -0.4 is 10.9 Å². The van der Waals surface area contributed by atoms with Crippen molar-refractivity contribution in [2.24, 2.45) is 5.92 Å². The smallest absolute Gasteiger partial charge is 0.410 e. The van der Waals surface area contributed by atoms with Gasteiger partial charge in [0.1, 0.15) is 45.6 Å². The summed E-state index contributed by atoms with van der Waals surface area (Å²) in [6, 6.07) is 7.61. The number of benzene rings is 1. The lowest BCUT2D eigenvalue weighted by Gasteiger charge is -2.36. The predicted molar refractivity (Wildman–Crippen MR) is 203 cm³/mol. The number of pyridine rings is 1. The Morgan fingerprint density at radius 3 is 2.41 bits per heavy atom. The second kappa shape index (κ2) is 17.2. The molecule has 0 aliphatic carbocycles. The van der Waals surface area contributed by atoms with E-state index in [-0.39, 0.29) is 54.5 Å². The highest BCUT2D eigenvalue weighted by atomic mass is 32.2. The molecule has 0 bridgehead atoms. The monoisotopic (exact) mass is 773 g/mol. The van der Waals surface area contributed by atoms with Gasteiger partial charge in [0, 0.05) is 49.8 Å². The average molecular weight is 774 g/mol. The number of aldehydes is 1. The number of rotatable bonds is 14. The second-order valence-corrected chi connectivity index (χ2v) is 17.9. The van der Waals surface area contributed by atoms with Crippen molar-refractivity contribution < 1.29 is 36.3 Å². The SMILES string of the molecule is COC(C=O)CCCCCn1c(=O)c(C2CCS(=O)(=O)CC2)cc2c(NC(C)c3cccc(C(F)(F)C4CCN(C(=O)OC(C)(C)C)CC4)c3)ncnc21. The molecule has 0 spiro atoms. The van der Waals surface area contributed by atoms with Crippen LogP contribution in [0, 0.1) is 5.92 Å². The van der Waals surface area contributed by atoms with Crippen LogP contribution >= 0.6 is 0 Å². The van der Waals surface area contributed by atoms with Gasteiger partial charge in [0.25, 0.3) is 11.5 Å². The maximum Gasteiger partial charge on any atom is 0.410 e. The Morgan fingerprint density at radius 1 is 1.06 bits per heavy atom. The summed E-state index contributed by atoms with van der Waals surface area (Å²) in [7, 11) is -1.67. The Morgan fingerprint density at radius 2 is 1.76 bits per heavy atom. The normalized spacial score (nSPS) is 18.3. The van der Waals surface area contributed by atoms with Gasteiger partial charge in [-0.2, -0.15) is 0 Å². The number of carbonyl (C=O) groups is 2. The van der Waals surface area contributed by atoms with E-state index in [1.807, 2.05) is 6.92 Å². The van der Waals surface area contributed by atoms with Gasteiger partial charge in [0.05, 0.1) is 16.9 Å². The zero-order valence-corrected chi connectivity index (χ0v) is 32.7. The number of halogens is 2. The fourth-order valence-corrected chi connectivity index (χ4v) is 8.84. The molecule has 0 saturated carbocycles. The lowest BCUT2D eigenvalue weighted by atomic mass is 9.85. The molecule has 15 heteroatoms. The Labute approximate surface area is 315 Å². The van der Waals surface area contributed by atoms with Gasteiger partial charge >= 0.3 is 6.09 Å². The summed E-state index contributed by atoms with van der Waals surface area (Å²) < 4.78 is 68.7. The molecule has 1 amide bonds. The molecule has 2 fully saturated rings. The number of anilines is 1. The highest BCUT2D eigenvalue weighted by molar-refractivity contribution is 7.91. The number of fused-ring (bicyclic) bond motifs is 1. The summed E-state index contributed by atoms with van der Waals surface area (Å²) in [5, 5.41) is 3.95. The topological polar surface area (TPSA) is 150 Å². The van der Waals surface area contributed by atoms with Gasteiger partial charge in [-0.25, -0.2) is 32.0 Å². The minimum absolute atomic E-state index is 0.00377. The number of piperidine rings is 1. The van der Waals surface area contributed by atoms with Gasteiger partial charge in [-0.1, -0.05) is 31.0 Å². The quantitative estimate of drug-likeness (QED) is 0.137. The molecule has 54 heavy (non-hydrogen) atoms. The molecule has 3 aromatic rings. The van der Waals surface area contributed by atoms with Crippen molar-refractivity contribution in [1.82, 2.24) is 19.4 Å². The number of unbranched alkanes of at least 4 members (excludes halogenated alkanes) is 2. The van der Waals surface area contributed by atoms with Crippen LogP contribution in [0.4, 0.5) is 19.4 Å². The number of methoxy groups -OCH3 is 1. The van der Waals surface area contributed by atoms with Crippen LogP contribution in [0.2, 0.25) is 0 Å². The third kappa shape index (κ3) is 10.0. The molecule has 0 radical (unpaired) electrons. The minimum Gasteiger partial charge on any atom is -0.444 e. The number of nitrogens with one attached hydrogen (secondary N) is 1. The number of sulfone groups is 1. The van der Waals surface area contributed by atoms with Gasteiger partial charge in [-0.3, -0.25) is 9.36 Å². The van der Waals surface area contributed by atoms with E-state index in [1.54, 1.807) is 43.5 Å². The molecule has 2 aliphatic heterocycles. The Hall–Kier alpha value is -3.98. The highest BCUT2D eigenvalue weighted by Gasteiger charge is 2.44. The van der Waals surface area contributed by atoms with Crippen LogP contribution in [0.15, 0.2) is 41.5 Å². The van der Waals surface area contributed by atoms with E-state index in [9.17, 15) is 22.8 Å². The van der Waals surface area contributed by atoms with Crippen molar-refractivity contribution in [3.63, 3.8) is 0 Å². The summed E-state index contributed by atoms with van der Waals surface area (Å²) in [6.07, 6.45) is 4.80. The molecule has 1 aromatic carbocycles. The van der Waals surface area contributed by atoms with Crippen molar-refractivity contribution in [3.05, 3.63) is 63.7 Å². The van der Waals surface area contributed by atoms with E-state index < -0.39 is 45.5 Å². The molecule has 12 nitrogen and oxygen atoms in total. The number of nitrogens with zero attached hydrogens (tertiary/aromatic N) is 4. The number of carbonyl (C=O) groups excluding carboxylic acids is 2. The van der Waals surface area contributed by atoms with Crippen molar-refractivity contribution in [3.8, 4) is 0 Å². The summed E-state index contributed by atoms with van der Waals surface area (Å²) in [4.78, 5) is 48.2. The molecule has 4 heterocycles. The van der Waals surface area contributed by atoms with Crippen LogP contribution in [-0.4, -0.2) is 83.6 Å². The van der Waals surface area contributed by atoms with E-state index >= 15 is 8.78 Å². The van der Waals surface area contributed by atoms with Crippen LogP contribution in [0.25, 0.3) is 11.0 Å². The third-order valence-corrected chi connectivity index (χ3v) is 12.2. The largest absolute Gasteiger partial charge is 0.444 e. The van der Waals surface area contributed by atoms with Crippen molar-refractivity contribution in [2.45, 2.75) is 115 Å². The first-order valence-corrected chi connectivity index (χ1v) is 20.6. The van der Waals surface area contributed by atoms with Gasteiger partial charge in [-0.15, -0.1) is 0 Å². The second-order valence-electron chi connectivity index (χ2n) is 15.6. The standard InChI is InChI=1S/C39H53F2N5O7S/c1-26(28-10-9-11-30(22-28)39(40,41)29-13-18-45(19-14-29)37(49)53-38(2,3)4)44-34-33-23-32(27-15-20-54(50,51)21-16-27)36(48)46(35(33)43-25-42-34)17-8-6-7-12-31(24-47)52-5/h9-11,22-27,29,31H,6-8,12-21H2,1-5H3,(H,42,43,44). The van der Waals surface area contributed by atoms with E-state index in [4.69, 9.17) is 9.47 Å². The number of aromatic nitrogens is 3. The number of amides is 1. The summed E-state index contributed by atoms with van der Waals surface area (Å²) in [5.74, 6) is -3.91. The summed E-state index contributed by atoms with van der Waals surface area (Å²) in [5.41, 5.74) is 0.531. The molecule has 2 aliphatic rings. The number of ether oxygens (including phenoxy) is 2. The first-order chi connectivity index (χ1) is 25.5. The fraction of sp³-hybridized carbons (Fsp3) is 0.615. The number of aryl methyl sites for hydroxylation is 1. The molecule has 5 rings (SSSR count). The van der Waals surface area contributed by atoms with Gasteiger partial charge in [0.15, 0.2) is 0 Å². The average Bonchev–Trinajstić information content (AvgIpc) is 3.13. The molecule has 2 atom stereocenters. The van der Waals surface area contributed by atoms with E-state index in [2.05, 4.69) is 15.3 Å². The summed E-state index contributed by atoms with van der Waals surface area (Å²) >= 11 is 0. The molecule has 2 unspecified atom stereocenters. The first kappa shape index (κ1) is 41.2. The molecular weight excluding hydrogens is 721 g/mol. The fourth-order valence-electron chi connectivity index (χ4n) is 7.34. The van der Waals surface area contributed by atoms with Crippen molar-refractivity contribution >= 4 is 39.1 Å². The maximum absolute atomic E-state index is 16.0. The van der Waals surface area contributed by atoms with Crippen molar-refractivity contribution in [1.29, 1.82) is 0 Å². The van der Waals surface area contributed by atoms with Crippen LogP contribution in [0.3, 0.4) is 0 Å². The van der Waals surface area contributed by atoms with Gasteiger partial charge in [0.2, 0.25) is 0 Å². The van der Waals surface area contributed by atoms with Crippen molar-refractivity contribution in [2.75, 3.05) is 37.0 Å². The Bertz CT molecular complexity index is 1940. The first-order valence-electron chi connectivity index (χ1n) is 18.8. The molecular formula is C39H53F2N5O7S. The number of alkyl halides is 2. The zero-order valence-electron chi connectivity index (χ0n) is 31.9. The maximum atomic E-state index is 16.0.